The van der Waals surface area contributed by atoms with Gasteiger partial charge in [0.05, 0.1) is 10.9 Å². The summed E-state index contributed by atoms with van der Waals surface area (Å²) in [5.41, 5.74) is 4.22. The largest absolute Gasteiger partial charge is 0.348 e. The van der Waals surface area contributed by atoms with Crippen molar-refractivity contribution in [3.05, 3.63) is 101 Å². The molecule has 4 rings (SSSR count). The molecule has 0 bridgehead atoms. The van der Waals surface area contributed by atoms with Gasteiger partial charge in [0.1, 0.15) is 6.04 Å². The Hall–Kier alpha value is -2.96. The quantitative estimate of drug-likeness (QED) is 0.572. The summed E-state index contributed by atoms with van der Waals surface area (Å²) in [6, 6.07) is 23.2. The van der Waals surface area contributed by atoms with Crippen LogP contribution in [0.5, 0.6) is 0 Å². The van der Waals surface area contributed by atoms with Gasteiger partial charge in [0.25, 0.3) is 0 Å². The SMILES string of the molecule is Cc1ccc(S(=O)(=O)N[C@H](Cc2ccccc2)C(=O)N[C@@H]2CCCc3ccccc32)cc1. The third kappa shape index (κ3) is 5.26. The molecule has 0 heterocycles. The fourth-order valence-corrected chi connectivity index (χ4v) is 5.38. The van der Waals surface area contributed by atoms with Crippen molar-refractivity contribution < 1.29 is 13.2 Å². The lowest BCUT2D eigenvalue weighted by atomic mass is 9.87. The molecule has 6 heteroatoms. The Bertz CT molecular complexity index is 1180. The Balaban J connectivity index is 1.58. The summed E-state index contributed by atoms with van der Waals surface area (Å²) in [5.74, 6) is -0.314. The minimum absolute atomic E-state index is 0.116. The molecule has 0 saturated carbocycles. The number of carbonyl (C=O) groups excluding carboxylic acids is 1. The number of amides is 1. The van der Waals surface area contributed by atoms with Crippen LogP contribution in [0.3, 0.4) is 0 Å². The lowest BCUT2D eigenvalue weighted by Gasteiger charge is -2.28. The molecule has 1 amide bonds. The summed E-state index contributed by atoms with van der Waals surface area (Å²) in [6.07, 6.45) is 3.09. The number of benzene rings is 3. The zero-order chi connectivity index (χ0) is 22.6. The molecule has 2 atom stereocenters. The first kappa shape index (κ1) is 22.2. The van der Waals surface area contributed by atoms with Crippen LogP contribution >= 0.6 is 0 Å². The van der Waals surface area contributed by atoms with Crippen molar-refractivity contribution in [2.24, 2.45) is 0 Å². The van der Waals surface area contributed by atoms with E-state index in [0.29, 0.717) is 0 Å². The van der Waals surface area contributed by atoms with Gasteiger partial charge in [0.15, 0.2) is 0 Å². The maximum Gasteiger partial charge on any atom is 0.241 e. The summed E-state index contributed by atoms with van der Waals surface area (Å²) >= 11 is 0. The number of nitrogens with one attached hydrogen (secondary N) is 2. The van der Waals surface area contributed by atoms with E-state index in [1.54, 1.807) is 24.3 Å². The molecule has 0 fully saturated rings. The molecule has 0 radical (unpaired) electrons. The summed E-state index contributed by atoms with van der Waals surface area (Å²) in [6.45, 7) is 1.90. The van der Waals surface area contributed by atoms with Crippen LogP contribution in [0.25, 0.3) is 0 Å². The third-order valence-corrected chi connectivity index (χ3v) is 7.40. The van der Waals surface area contributed by atoms with Crippen LogP contribution in [0, 0.1) is 6.92 Å². The van der Waals surface area contributed by atoms with Crippen LogP contribution < -0.4 is 10.0 Å². The maximum atomic E-state index is 13.4. The summed E-state index contributed by atoms with van der Waals surface area (Å²) < 4.78 is 28.7. The van der Waals surface area contributed by atoms with E-state index in [-0.39, 0.29) is 23.3 Å². The van der Waals surface area contributed by atoms with E-state index >= 15 is 0 Å². The molecule has 0 spiro atoms. The van der Waals surface area contributed by atoms with Gasteiger partial charge in [-0.2, -0.15) is 4.72 Å². The molecule has 32 heavy (non-hydrogen) atoms. The highest BCUT2D eigenvalue weighted by atomic mass is 32.2. The van der Waals surface area contributed by atoms with Crippen LogP contribution in [0.15, 0.2) is 83.8 Å². The van der Waals surface area contributed by atoms with E-state index in [0.717, 1.165) is 36.0 Å². The first-order valence-corrected chi connectivity index (χ1v) is 12.4. The number of fused-ring (bicyclic) bond motifs is 1. The van der Waals surface area contributed by atoms with Crippen LogP contribution in [-0.2, 0) is 27.7 Å². The minimum Gasteiger partial charge on any atom is -0.348 e. The highest BCUT2D eigenvalue weighted by molar-refractivity contribution is 7.89. The lowest BCUT2D eigenvalue weighted by Crippen LogP contribution is -2.49. The Morgan fingerprint density at radius 2 is 1.66 bits per heavy atom. The molecule has 0 aromatic heterocycles. The normalized spacial score (nSPS) is 16.7. The molecular weight excluding hydrogens is 420 g/mol. The molecule has 1 aliphatic carbocycles. The highest BCUT2D eigenvalue weighted by Gasteiger charge is 2.29. The summed E-state index contributed by atoms with van der Waals surface area (Å²) in [4.78, 5) is 13.5. The van der Waals surface area contributed by atoms with Crippen molar-refractivity contribution in [2.45, 2.75) is 49.6 Å². The topological polar surface area (TPSA) is 75.3 Å². The molecule has 2 N–H and O–H groups in total. The van der Waals surface area contributed by atoms with Crippen LogP contribution in [0.4, 0.5) is 0 Å². The molecular formula is C26H28N2O3S. The predicted octanol–water partition coefficient (Wildman–Crippen LogP) is 4.08. The minimum atomic E-state index is -3.85. The second kappa shape index (κ2) is 9.67. The fraction of sp³-hybridized carbons (Fsp3) is 0.269. The van der Waals surface area contributed by atoms with Crippen molar-refractivity contribution in [1.29, 1.82) is 0 Å². The first-order valence-electron chi connectivity index (χ1n) is 10.9. The Kier molecular flexibility index (Phi) is 6.72. The summed E-state index contributed by atoms with van der Waals surface area (Å²) in [7, 11) is -3.85. The maximum absolute atomic E-state index is 13.4. The fourth-order valence-electron chi connectivity index (χ4n) is 4.19. The van der Waals surface area contributed by atoms with E-state index in [4.69, 9.17) is 0 Å². The molecule has 3 aromatic carbocycles. The molecule has 3 aromatic rings. The Morgan fingerprint density at radius 3 is 2.41 bits per heavy atom. The predicted molar refractivity (Wildman–Crippen MR) is 126 cm³/mol. The summed E-state index contributed by atoms with van der Waals surface area (Å²) in [5, 5.41) is 3.11. The zero-order valence-corrected chi connectivity index (χ0v) is 18.9. The van der Waals surface area contributed by atoms with Gasteiger partial charge in [0.2, 0.25) is 15.9 Å². The van der Waals surface area contributed by atoms with E-state index in [2.05, 4.69) is 16.1 Å². The number of hydrogen-bond donors (Lipinski definition) is 2. The van der Waals surface area contributed by atoms with E-state index in [9.17, 15) is 13.2 Å². The van der Waals surface area contributed by atoms with E-state index in [1.807, 2.05) is 55.5 Å². The van der Waals surface area contributed by atoms with E-state index < -0.39 is 16.1 Å². The smallest absolute Gasteiger partial charge is 0.241 e. The molecule has 1 aliphatic rings. The van der Waals surface area contributed by atoms with Gasteiger partial charge in [-0.05, 0) is 61.4 Å². The molecule has 5 nitrogen and oxygen atoms in total. The van der Waals surface area contributed by atoms with Crippen molar-refractivity contribution in [3.8, 4) is 0 Å². The zero-order valence-electron chi connectivity index (χ0n) is 18.1. The van der Waals surface area contributed by atoms with Crippen molar-refractivity contribution in [3.63, 3.8) is 0 Å². The first-order chi connectivity index (χ1) is 15.4. The monoisotopic (exact) mass is 448 g/mol. The lowest BCUT2D eigenvalue weighted by molar-refractivity contribution is -0.123. The van der Waals surface area contributed by atoms with Crippen molar-refractivity contribution >= 4 is 15.9 Å². The number of rotatable bonds is 7. The highest BCUT2D eigenvalue weighted by Crippen LogP contribution is 2.29. The van der Waals surface area contributed by atoms with Crippen molar-refractivity contribution in [2.75, 3.05) is 0 Å². The third-order valence-electron chi connectivity index (χ3n) is 5.91. The van der Waals surface area contributed by atoms with Gasteiger partial charge >= 0.3 is 0 Å². The average molecular weight is 449 g/mol. The van der Waals surface area contributed by atoms with Crippen LogP contribution in [0.2, 0.25) is 0 Å². The van der Waals surface area contributed by atoms with Gasteiger partial charge in [0, 0.05) is 0 Å². The van der Waals surface area contributed by atoms with E-state index in [1.165, 1.54) is 5.56 Å². The van der Waals surface area contributed by atoms with Gasteiger partial charge in [-0.1, -0.05) is 72.3 Å². The number of hydrogen-bond acceptors (Lipinski definition) is 3. The van der Waals surface area contributed by atoms with Gasteiger partial charge in [-0.25, -0.2) is 8.42 Å². The number of aryl methyl sites for hydroxylation is 2. The number of carbonyl (C=O) groups is 1. The molecule has 0 saturated heterocycles. The second-order valence-corrected chi connectivity index (χ2v) is 10.0. The van der Waals surface area contributed by atoms with Crippen molar-refractivity contribution in [1.82, 2.24) is 10.0 Å². The van der Waals surface area contributed by atoms with Gasteiger partial charge < -0.3 is 5.32 Å². The standard InChI is InChI=1S/C26H28N2O3S/c1-19-14-16-22(17-15-19)32(30,31)28-25(18-20-8-3-2-4-9-20)26(29)27-24-13-7-11-21-10-5-6-12-23(21)24/h2-6,8-10,12,14-17,24-25,28H,7,11,13,18H2,1H3,(H,27,29)/t24-,25-/m1/s1. The van der Waals surface area contributed by atoms with Crippen LogP contribution in [0.1, 0.15) is 41.1 Å². The van der Waals surface area contributed by atoms with Crippen LogP contribution in [-0.4, -0.2) is 20.4 Å². The van der Waals surface area contributed by atoms with Gasteiger partial charge in [-0.15, -0.1) is 0 Å². The van der Waals surface area contributed by atoms with Gasteiger partial charge in [-0.3, -0.25) is 4.79 Å². The Morgan fingerprint density at radius 1 is 0.969 bits per heavy atom. The average Bonchev–Trinajstić information content (AvgIpc) is 2.80. The molecule has 166 valence electrons. The Labute approximate surface area is 189 Å². The number of sulfonamides is 1. The molecule has 0 unspecified atom stereocenters. The second-order valence-electron chi connectivity index (χ2n) is 8.33. The molecule has 0 aliphatic heterocycles.